The molecule has 0 saturated heterocycles. The number of aromatic nitrogens is 4. The minimum absolute atomic E-state index is 0.0408. The number of ether oxygens (including phenoxy) is 1. The van der Waals surface area contributed by atoms with Gasteiger partial charge in [0.25, 0.3) is 0 Å². The van der Waals surface area contributed by atoms with Crippen molar-refractivity contribution < 1.29 is 24.5 Å². The molecule has 0 unspecified atom stereocenters. The quantitative estimate of drug-likeness (QED) is 0.0419. The van der Waals surface area contributed by atoms with Crippen LogP contribution in [0.3, 0.4) is 0 Å². The van der Waals surface area contributed by atoms with Crippen LogP contribution >= 0.6 is 34.8 Å². The van der Waals surface area contributed by atoms with E-state index in [1.54, 1.807) is 49.1 Å². The third-order valence-electron chi connectivity index (χ3n) is 12.9. The third kappa shape index (κ3) is 12.6. The number of fused-ring (bicyclic) bond motifs is 2. The molecule has 2 aliphatic rings. The largest absolute Gasteiger partial charge is 0.505 e. The summed E-state index contributed by atoms with van der Waals surface area (Å²) in [4.78, 5) is 48.9. The number of Topliss-reactive ketones (excluding diaryl/α,β-unsaturated/α-hetero) is 2. The Morgan fingerprint density at radius 3 is 1.37 bits per heavy atom. The van der Waals surface area contributed by atoms with Crippen molar-refractivity contribution in [3.05, 3.63) is 136 Å². The van der Waals surface area contributed by atoms with Gasteiger partial charge in [-0.1, -0.05) is 46.9 Å². The maximum Gasteiger partial charge on any atom is 0.176 e. The van der Waals surface area contributed by atoms with E-state index in [9.17, 15) is 19.8 Å². The van der Waals surface area contributed by atoms with Crippen LogP contribution in [0.2, 0.25) is 15.1 Å². The summed E-state index contributed by atoms with van der Waals surface area (Å²) < 4.78 is 5.29. The molecule has 18 heteroatoms. The van der Waals surface area contributed by atoms with Gasteiger partial charge in [0.1, 0.15) is 11.6 Å². The van der Waals surface area contributed by atoms with Gasteiger partial charge < -0.3 is 46.0 Å². The lowest BCUT2D eigenvalue weighted by Gasteiger charge is -2.16. The molecule has 6 N–H and O–H groups in total. The zero-order valence-corrected chi connectivity index (χ0v) is 44.4. The van der Waals surface area contributed by atoms with E-state index >= 15 is 0 Å². The molecule has 15 nitrogen and oxygen atoms in total. The lowest BCUT2D eigenvalue weighted by atomic mass is 9.98. The van der Waals surface area contributed by atoms with E-state index in [0.29, 0.717) is 22.5 Å². The molecule has 4 heterocycles. The van der Waals surface area contributed by atoms with Crippen molar-refractivity contribution in [2.75, 3.05) is 82.7 Å². The van der Waals surface area contributed by atoms with E-state index < -0.39 is 0 Å². The van der Waals surface area contributed by atoms with Crippen molar-refractivity contribution in [1.29, 1.82) is 0 Å². The number of hydrogen-bond donors (Lipinski definition) is 6. The zero-order valence-electron chi connectivity index (χ0n) is 42.1. The number of pyridine rings is 4. The van der Waals surface area contributed by atoms with Crippen LogP contribution in [0.15, 0.2) is 110 Å². The van der Waals surface area contributed by atoms with Crippen LogP contribution in [0.5, 0.6) is 17.2 Å². The summed E-state index contributed by atoms with van der Waals surface area (Å²) in [6, 6.07) is 26.0. The number of phenols is 2. The van der Waals surface area contributed by atoms with E-state index in [0.717, 1.165) is 119 Å². The molecule has 0 aliphatic heterocycles. The first-order valence-corrected chi connectivity index (χ1v) is 25.7. The number of nitrogens with zero attached hydrogens (tertiary/aromatic N) is 6. The van der Waals surface area contributed by atoms with E-state index in [2.05, 4.69) is 51.0 Å². The predicted octanol–water partition coefficient (Wildman–Crippen LogP) is 12.6. The Morgan fingerprint density at radius 1 is 0.560 bits per heavy atom. The number of carbonyl (C=O) groups is 2. The molecular formula is C57H57Cl3N10O5. The molecule has 8 aromatic rings. The Kier molecular flexibility index (Phi) is 16.2. The molecule has 0 atom stereocenters. The highest BCUT2D eigenvalue weighted by molar-refractivity contribution is 6.37. The standard InChI is InChI=1S/C29H30ClN5O3.C28H27Cl2N5O2/c1-35(2)11-10-31-26-9-7-20(15-33-26)34-27-21-12-18(19-13-23(30)29(37)25(14-19)38-3)6-8-24(21)32-16-22(27)28(36)17-4-5-17;1-35(2)10-9-31-25-8-6-19(14-33-25)34-26-20-11-17(18-12-22(29)28(37)23(30)13-18)5-7-24(20)32-15-21(26)27(36)16-3-4-16/h6-9,12-17,37H,4-5,10-11H2,1-3H3,(H,31,33)(H,32,34);5-8,11-16,37H,3-4,9-10H2,1-2H3,(H,31,33)(H,32,34). The summed E-state index contributed by atoms with van der Waals surface area (Å²) in [5.74, 6) is 1.86. The Balaban J connectivity index is 0.000000184. The SMILES string of the molecule is CN(C)CCNc1ccc(Nc2c(C(=O)C3CC3)cnc3ccc(-c4cc(Cl)c(O)c(Cl)c4)cc23)cn1.COc1cc(-c2ccc3ncc(C(=O)C4CC4)c(Nc4ccc(NCCN(C)C)nc4)c3c2)cc(Cl)c1O. The fourth-order valence-electron chi connectivity index (χ4n) is 8.40. The molecule has 4 aromatic carbocycles. The molecule has 2 aliphatic carbocycles. The molecule has 0 radical (unpaired) electrons. The van der Waals surface area contributed by atoms with Crippen LogP contribution in [0.4, 0.5) is 34.4 Å². The van der Waals surface area contributed by atoms with Gasteiger partial charge in [0.2, 0.25) is 0 Å². The molecule has 2 saturated carbocycles. The normalized spacial score (nSPS) is 13.1. The van der Waals surface area contributed by atoms with E-state index in [-0.39, 0.29) is 55.7 Å². The fraction of sp³-hybridized carbons (Fsp3) is 0.263. The van der Waals surface area contributed by atoms with Gasteiger partial charge in [0, 0.05) is 61.2 Å². The Bertz CT molecular complexity index is 3380. The summed E-state index contributed by atoms with van der Waals surface area (Å²) in [6.45, 7) is 3.38. The molecule has 0 bridgehead atoms. The van der Waals surface area contributed by atoms with Crippen LogP contribution in [0.1, 0.15) is 46.4 Å². The predicted molar refractivity (Wildman–Crippen MR) is 303 cm³/mol. The third-order valence-corrected chi connectivity index (χ3v) is 13.8. The number of methoxy groups -OCH3 is 1. The van der Waals surface area contributed by atoms with Gasteiger partial charge in [0.15, 0.2) is 28.8 Å². The van der Waals surface area contributed by atoms with E-state index in [1.807, 2.05) is 88.9 Å². The maximum absolute atomic E-state index is 13.2. The number of hydrogen-bond acceptors (Lipinski definition) is 15. The van der Waals surface area contributed by atoms with Gasteiger partial charge in [-0.25, -0.2) is 9.97 Å². The number of likely N-dealkylation sites (N-methyl/N-ethyl adjacent to an activating group) is 2. The number of halogens is 3. The number of anilines is 6. The summed E-state index contributed by atoms with van der Waals surface area (Å²) in [7, 11) is 9.59. The minimum atomic E-state index is -0.152. The molecule has 0 amide bonds. The smallest absolute Gasteiger partial charge is 0.176 e. The van der Waals surface area contributed by atoms with Crippen LogP contribution in [0, 0.1) is 11.8 Å². The van der Waals surface area contributed by atoms with Gasteiger partial charge in [-0.2, -0.15) is 0 Å². The number of aromatic hydroxyl groups is 2. The van der Waals surface area contributed by atoms with Gasteiger partial charge >= 0.3 is 0 Å². The number of rotatable bonds is 19. The number of carbonyl (C=O) groups excluding carboxylic acids is 2. The number of benzene rings is 4. The highest BCUT2D eigenvalue weighted by Gasteiger charge is 2.34. The summed E-state index contributed by atoms with van der Waals surface area (Å²) in [5.41, 5.74) is 8.70. The molecular weight excluding hydrogens is 1010 g/mol. The fourth-order valence-corrected chi connectivity index (χ4v) is 9.09. The lowest BCUT2D eigenvalue weighted by Crippen LogP contribution is -2.21. The zero-order chi connectivity index (χ0) is 52.9. The first-order chi connectivity index (χ1) is 36.1. The molecule has 386 valence electrons. The Hall–Kier alpha value is -7.27. The van der Waals surface area contributed by atoms with Crippen LogP contribution in [0.25, 0.3) is 44.1 Å². The second kappa shape index (κ2) is 23.1. The maximum atomic E-state index is 13.2. The van der Waals surface area contributed by atoms with Crippen molar-refractivity contribution in [3.63, 3.8) is 0 Å². The van der Waals surface area contributed by atoms with Crippen molar-refractivity contribution in [1.82, 2.24) is 29.7 Å². The summed E-state index contributed by atoms with van der Waals surface area (Å²) in [6.07, 6.45) is 10.4. The molecule has 10 rings (SSSR count). The number of phenolic OH excluding ortho intramolecular Hbond substituents is 2. The summed E-state index contributed by atoms with van der Waals surface area (Å²) in [5, 5.41) is 35.8. The number of ketones is 2. The van der Waals surface area contributed by atoms with Crippen LogP contribution in [-0.2, 0) is 0 Å². The lowest BCUT2D eigenvalue weighted by molar-refractivity contribution is 0.0960. The first kappa shape index (κ1) is 52.6. The van der Waals surface area contributed by atoms with Crippen molar-refractivity contribution >= 4 is 103 Å². The van der Waals surface area contributed by atoms with Crippen LogP contribution < -0.4 is 26.0 Å². The second-order valence-electron chi connectivity index (χ2n) is 19.2. The van der Waals surface area contributed by atoms with Crippen molar-refractivity contribution in [3.8, 4) is 39.5 Å². The minimum Gasteiger partial charge on any atom is -0.505 e. The number of nitrogens with one attached hydrogen (secondary N) is 4. The highest BCUT2D eigenvalue weighted by atomic mass is 35.5. The molecule has 2 fully saturated rings. The summed E-state index contributed by atoms with van der Waals surface area (Å²) >= 11 is 18.6. The highest BCUT2D eigenvalue weighted by Crippen LogP contribution is 2.43. The Morgan fingerprint density at radius 2 is 0.987 bits per heavy atom. The average molecular weight is 1070 g/mol. The molecule has 0 spiro atoms. The first-order valence-electron chi connectivity index (χ1n) is 24.6. The molecule has 4 aromatic heterocycles. The van der Waals surface area contributed by atoms with Gasteiger partial charge in [-0.05, 0) is 149 Å². The van der Waals surface area contributed by atoms with Gasteiger partial charge in [0.05, 0.1) is 79.5 Å². The van der Waals surface area contributed by atoms with Crippen LogP contribution in [-0.4, -0.2) is 113 Å². The van der Waals surface area contributed by atoms with E-state index in [1.165, 1.54) is 7.11 Å². The van der Waals surface area contributed by atoms with Gasteiger partial charge in [-0.3, -0.25) is 19.6 Å². The van der Waals surface area contributed by atoms with E-state index in [4.69, 9.17) is 39.5 Å². The molecule has 75 heavy (non-hydrogen) atoms. The monoisotopic (exact) mass is 1070 g/mol. The Labute approximate surface area is 450 Å². The topological polar surface area (TPSA) is 190 Å². The van der Waals surface area contributed by atoms with Crippen molar-refractivity contribution in [2.24, 2.45) is 11.8 Å². The van der Waals surface area contributed by atoms with Crippen molar-refractivity contribution in [2.45, 2.75) is 25.7 Å². The average Bonchev–Trinajstić information content (AvgIpc) is 4.35. The second-order valence-corrected chi connectivity index (χ2v) is 20.4. The van der Waals surface area contributed by atoms with Gasteiger partial charge in [-0.15, -0.1) is 0 Å².